The van der Waals surface area contributed by atoms with Gasteiger partial charge in [0.25, 0.3) is 15.9 Å². The maximum atomic E-state index is 12.4. The topological polar surface area (TPSA) is 94.1 Å². The van der Waals surface area contributed by atoms with Gasteiger partial charge in [-0.2, -0.15) is 14.4 Å². The number of hydrogen-bond donors (Lipinski definition) is 0. The summed E-state index contributed by atoms with van der Waals surface area (Å²) in [6.07, 6.45) is 4.79. The molecule has 0 spiro atoms. The smallest absolute Gasteiger partial charge is 0.262 e. The number of sulfonamides is 1. The summed E-state index contributed by atoms with van der Waals surface area (Å²) in [5, 5.41) is 8.25. The molecule has 0 saturated heterocycles. The van der Waals surface area contributed by atoms with Gasteiger partial charge in [0.05, 0.1) is 18.3 Å². The van der Waals surface area contributed by atoms with E-state index in [0.717, 1.165) is 12.8 Å². The second-order valence-corrected chi connectivity index (χ2v) is 7.46. The van der Waals surface area contributed by atoms with Crippen molar-refractivity contribution >= 4 is 10.0 Å². The molecule has 1 saturated carbocycles. The third-order valence-electron chi connectivity index (χ3n) is 4.21. The van der Waals surface area contributed by atoms with Gasteiger partial charge in [0.15, 0.2) is 10.9 Å². The highest BCUT2D eigenvalue weighted by Gasteiger charge is 2.35. The van der Waals surface area contributed by atoms with Gasteiger partial charge in [-0.3, -0.25) is 4.68 Å². The second kappa shape index (κ2) is 4.38. The number of hydrogen-bond acceptors (Lipinski definition) is 6. The number of likely N-dealkylation sites (N-methyl/N-ethyl adjacent to an activating group) is 1. The summed E-state index contributed by atoms with van der Waals surface area (Å²) in [6.45, 7) is 0.933. The van der Waals surface area contributed by atoms with Crippen molar-refractivity contribution in [1.82, 2.24) is 24.2 Å². The fourth-order valence-electron chi connectivity index (χ4n) is 2.63. The third-order valence-corrected chi connectivity index (χ3v) is 6.14. The highest BCUT2D eigenvalue weighted by Crippen LogP contribution is 2.36. The average molecular weight is 309 g/mol. The zero-order valence-corrected chi connectivity index (χ0v) is 12.4. The molecule has 21 heavy (non-hydrogen) atoms. The predicted octanol–water partition coefficient (Wildman–Crippen LogP) is 0.835. The van der Waals surface area contributed by atoms with Crippen LogP contribution in [0.1, 0.15) is 31.0 Å². The normalized spacial score (nSPS) is 22.0. The lowest BCUT2D eigenvalue weighted by Gasteiger charge is -2.23. The van der Waals surface area contributed by atoms with Crippen LogP contribution in [-0.2, 0) is 16.6 Å². The summed E-state index contributed by atoms with van der Waals surface area (Å²) in [7, 11) is -1.99. The number of aromatic nitrogens is 4. The summed E-state index contributed by atoms with van der Waals surface area (Å²) in [5.74, 6) is 1.24. The molecule has 2 aromatic rings. The van der Waals surface area contributed by atoms with E-state index in [-0.39, 0.29) is 10.9 Å². The van der Waals surface area contributed by atoms with Crippen LogP contribution < -0.4 is 0 Å². The summed E-state index contributed by atoms with van der Waals surface area (Å²) in [4.78, 5) is 4.36. The van der Waals surface area contributed by atoms with Crippen LogP contribution in [0.3, 0.4) is 0 Å². The molecule has 9 heteroatoms. The fourth-order valence-corrected chi connectivity index (χ4v) is 4.07. The van der Waals surface area contributed by atoms with Crippen LogP contribution >= 0.6 is 0 Å². The molecule has 2 aromatic heterocycles. The zero-order valence-electron chi connectivity index (χ0n) is 11.6. The molecule has 4 rings (SSSR count). The molecule has 2 aliphatic rings. The number of fused-ring (bicyclic) bond motifs is 1. The van der Waals surface area contributed by atoms with E-state index in [1.807, 2.05) is 0 Å². The van der Waals surface area contributed by atoms with Crippen LogP contribution in [0.5, 0.6) is 0 Å². The lowest BCUT2D eigenvalue weighted by Crippen LogP contribution is -2.37. The van der Waals surface area contributed by atoms with Crippen molar-refractivity contribution in [3.8, 4) is 11.5 Å². The molecule has 0 radical (unpaired) electrons. The van der Waals surface area contributed by atoms with Crippen molar-refractivity contribution in [2.24, 2.45) is 0 Å². The minimum absolute atomic E-state index is 0.139. The van der Waals surface area contributed by atoms with Gasteiger partial charge in [-0.25, -0.2) is 8.42 Å². The molecule has 1 aliphatic carbocycles. The highest BCUT2D eigenvalue weighted by atomic mass is 32.2. The monoisotopic (exact) mass is 309 g/mol. The van der Waals surface area contributed by atoms with Crippen LogP contribution in [0, 0.1) is 0 Å². The molecule has 1 fully saturated rings. The van der Waals surface area contributed by atoms with E-state index in [1.165, 1.54) is 21.6 Å². The minimum Gasteiger partial charge on any atom is -0.334 e. The van der Waals surface area contributed by atoms with E-state index in [4.69, 9.17) is 4.52 Å². The summed E-state index contributed by atoms with van der Waals surface area (Å²) >= 11 is 0. The van der Waals surface area contributed by atoms with Crippen LogP contribution in [0.2, 0.25) is 0 Å². The Morgan fingerprint density at radius 3 is 2.86 bits per heavy atom. The molecule has 0 bridgehead atoms. The summed E-state index contributed by atoms with van der Waals surface area (Å²) in [6, 6.07) is 0. The Hall–Kier alpha value is -1.74. The number of rotatable bonds is 2. The molecule has 112 valence electrons. The van der Waals surface area contributed by atoms with Crippen molar-refractivity contribution < 1.29 is 12.9 Å². The SMILES string of the molecule is CN1CCn2ncc(-c3nc(C4CCC4)no3)c2S1(=O)=O. The Kier molecular flexibility index (Phi) is 2.70. The van der Waals surface area contributed by atoms with Crippen molar-refractivity contribution in [3.63, 3.8) is 0 Å². The Bertz CT molecular complexity index is 790. The van der Waals surface area contributed by atoms with Crippen molar-refractivity contribution in [1.29, 1.82) is 0 Å². The van der Waals surface area contributed by atoms with Gasteiger partial charge in [-0.1, -0.05) is 11.6 Å². The summed E-state index contributed by atoms with van der Waals surface area (Å²) < 4.78 is 32.9. The van der Waals surface area contributed by atoms with E-state index in [0.29, 0.717) is 30.4 Å². The molecule has 0 amide bonds. The first kappa shape index (κ1) is 13.0. The Morgan fingerprint density at radius 2 is 2.14 bits per heavy atom. The first-order valence-corrected chi connectivity index (χ1v) is 8.37. The van der Waals surface area contributed by atoms with Gasteiger partial charge in [0.2, 0.25) is 0 Å². The molecule has 0 unspecified atom stereocenters. The largest absolute Gasteiger partial charge is 0.334 e. The number of nitrogens with zero attached hydrogens (tertiary/aromatic N) is 5. The molecule has 0 aromatic carbocycles. The molecule has 0 atom stereocenters. The Balaban J connectivity index is 1.80. The molecular formula is C12H15N5O3S. The first-order chi connectivity index (χ1) is 10.1. The van der Waals surface area contributed by atoms with Crippen LogP contribution in [0.15, 0.2) is 15.7 Å². The lowest BCUT2D eigenvalue weighted by molar-refractivity contribution is 0.364. The van der Waals surface area contributed by atoms with Gasteiger partial charge in [-0.05, 0) is 12.8 Å². The van der Waals surface area contributed by atoms with Gasteiger partial charge in [0, 0.05) is 19.5 Å². The van der Waals surface area contributed by atoms with Gasteiger partial charge in [0.1, 0.15) is 0 Å². The van der Waals surface area contributed by atoms with E-state index in [1.54, 1.807) is 7.05 Å². The lowest BCUT2D eigenvalue weighted by atomic mass is 9.85. The van der Waals surface area contributed by atoms with Crippen LogP contribution in [0.25, 0.3) is 11.5 Å². The van der Waals surface area contributed by atoms with E-state index >= 15 is 0 Å². The molecule has 1 aliphatic heterocycles. The van der Waals surface area contributed by atoms with Crippen LogP contribution in [0.4, 0.5) is 0 Å². The standard InChI is InChI=1S/C12H15N5O3S/c1-16-5-6-17-12(21(16,18)19)9(7-13-17)11-14-10(15-20-11)8-3-2-4-8/h7-8H,2-6H2,1H3. The third kappa shape index (κ3) is 1.84. The van der Waals surface area contributed by atoms with Gasteiger partial charge < -0.3 is 4.52 Å². The van der Waals surface area contributed by atoms with E-state index < -0.39 is 10.0 Å². The molecule has 8 nitrogen and oxygen atoms in total. The molecule has 3 heterocycles. The van der Waals surface area contributed by atoms with Crippen LogP contribution in [-0.4, -0.2) is 46.2 Å². The molecule has 0 N–H and O–H groups in total. The quantitative estimate of drug-likeness (QED) is 0.815. The maximum Gasteiger partial charge on any atom is 0.262 e. The van der Waals surface area contributed by atoms with E-state index in [2.05, 4.69) is 15.2 Å². The first-order valence-electron chi connectivity index (χ1n) is 6.93. The van der Waals surface area contributed by atoms with E-state index in [9.17, 15) is 8.42 Å². The predicted molar refractivity (Wildman–Crippen MR) is 71.9 cm³/mol. The second-order valence-electron chi connectivity index (χ2n) is 5.50. The zero-order chi connectivity index (χ0) is 14.6. The molecular weight excluding hydrogens is 294 g/mol. The van der Waals surface area contributed by atoms with Crippen molar-refractivity contribution in [2.75, 3.05) is 13.6 Å². The van der Waals surface area contributed by atoms with Crippen molar-refractivity contribution in [3.05, 3.63) is 12.0 Å². The fraction of sp³-hybridized carbons (Fsp3) is 0.583. The summed E-state index contributed by atoms with van der Waals surface area (Å²) in [5.41, 5.74) is 0.389. The Labute approximate surface area is 121 Å². The van der Waals surface area contributed by atoms with Gasteiger partial charge in [-0.15, -0.1) is 0 Å². The Morgan fingerprint density at radius 1 is 1.33 bits per heavy atom. The average Bonchev–Trinajstić information content (AvgIpc) is 2.98. The minimum atomic E-state index is -3.55. The van der Waals surface area contributed by atoms with Crippen molar-refractivity contribution in [2.45, 2.75) is 36.8 Å². The highest BCUT2D eigenvalue weighted by molar-refractivity contribution is 7.89. The van der Waals surface area contributed by atoms with Gasteiger partial charge >= 0.3 is 0 Å². The maximum absolute atomic E-state index is 12.4.